The van der Waals surface area contributed by atoms with E-state index in [1.165, 1.54) is 0 Å². The Labute approximate surface area is 158 Å². The van der Waals surface area contributed by atoms with E-state index >= 15 is 0 Å². The molecule has 0 atom stereocenters. The molecule has 0 aliphatic carbocycles. The van der Waals surface area contributed by atoms with Gasteiger partial charge in [-0.25, -0.2) is 4.79 Å². The molecule has 1 heterocycles. The van der Waals surface area contributed by atoms with E-state index in [2.05, 4.69) is 5.32 Å². The van der Waals surface area contributed by atoms with Gasteiger partial charge in [-0.15, -0.1) is 0 Å². The minimum atomic E-state index is -2.09. The van der Waals surface area contributed by atoms with Crippen LogP contribution in [-0.4, -0.2) is 53.5 Å². The molecule has 2 rings (SSSR count). The fraction of sp³-hybridized carbons (Fsp3) is 0.526. The van der Waals surface area contributed by atoms with Crippen LogP contribution >= 0.6 is 0 Å². The zero-order chi connectivity index (χ0) is 20.2. The molecule has 8 nitrogen and oxygen atoms in total. The van der Waals surface area contributed by atoms with Crippen LogP contribution in [0.15, 0.2) is 24.3 Å². The topological polar surface area (TPSA) is 116 Å². The van der Waals surface area contributed by atoms with Crippen LogP contribution in [0.1, 0.15) is 32.8 Å². The highest BCUT2D eigenvalue weighted by atomic mass is 16.5. The number of carboxylic acids is 2. The highest BCUT2D eigenvalue weighted by molar-refractivity contribution is 5.99. The molecule has 27 heavy (non-hydrogen) atoms. The fourth-order valence-electron chi connectivity index (χ4n) is 2.77. The second-order valence-corrected chi connectivity index (χ2v) is 7.67. The Kier molecular flexibility index (Phi) is 6.10. The highest BCUT2D eigenvalue weighted by Gasteiger charge is 2.48. The first-order valence-corrected chi connectivity index (χ1v) is 8.80. The Hall–Kier alpha value is -2.61. The van der Waals surface area contributed by atoms with Gasteiger partial charge in [0.2, 0.25) is 0 Å². The summed E-state index contributed by atoms with van der Waals surface area (Å²) in [5, 5.41) is 22.0. The van der Waals surface area contributed by atoms with Crippen molar-refractivity contribution in [1.82, 2.24) is 5.32 Å². The Morgan fingerprint density at radius 1 is 1.15 bits per heavy atom. The van der Waals surface area contributed by atoms with Gasteiger partial charge in [-0.1, -0.05) is 12.1 Å². The van der Waals surface area contributed by atoms with Crippen LogP contribution in [0.5, 0.6) is 0 Å². The minimum Gasteiger partial charge on any atom is -0.480 e. The van der Waals surface area contributed by atoms with Gasteiger partial charge < -0.3 is 20.3 Å². The zero-order valence-corrected chi connectivity index (χ0v) is 15.8. The van der Waals surface area contributed by atoms with Gasteiger partial charge in [0.25, 0.3) is 0 Å². The van der Waals surface area contributed by atoms with Crippen LogP contribution in [0, 0.1) is 5.41 Å². The molecule has 1 aliphatic heterocycles. The van der Waals surface area contributed by atoms with Gasteiger partial charge in [-0.2, -0.15) is 0 Å². The van der Waals surface area contributed by atoms with E-state index in [-0.39, 0.29) is 12.5 Å². The van der Waals surface area contributed by atoms with Crippen molar-refractivity contribution in [2.24, 2.45) is 5.41 Å². The number of anilines is 1. The third kappa shape index (κ3) is 4.97. The van der Waals surface area contributed by atoms with Crippen molar-refractivity contribution in [1.29, 1.82) is 0 Å². The molecule has 1 saturated heterocycles. The van der Waals surface area contributed by atoms with Crippen molar-refractivity contribution in [3.05, 3.63) is 29.8 Å². The average Bonchev–Trinajstić information content (AvgIpc) is 2.58. The lowest BCUT2D eigenvalue weighted by Gasteiger charge is -2.30. The summed E-state index contributed by atoms with van der Waals surface area (Å²) in [5.41, 5.74) is -1.53. The van der Waals surface area contributed by atoms with Crippen LogP contribution in [0.4, 0.5) is 10.5 Å². The molecular weight excluding hydrogens is 352 g/mol. The Balaban J connectivity index is 2.22. The molecule has 1 aromatic carbocycles. The Morgan fingerprint density at radius 3 is 2.22 bits per heavy atom. The SMILES string of the molecule is CC(C)(C)OCC(Cc1ccc(N2CCCNC2=O)cc1)(C(=O)O)C(=O)O. The van der Waals surface area contributed by atoms with Crippen LogP contribution in [0.3, 0.4) is 0 Å². The number of amides is 2. The lowest BCUT2D eigenvalue weighted by Crippen LogP contribution is -2.47. The number of rotatable bonds is 7. The van der Waals surface area contributed by atoms with Crippen molar-refractivity contribution in [2.45, 2.75) is 39.2 Å². The molecule has 0 aromatic heterocycles. The number of nitrogens with one attached hydrogen (secondary N) is 1. The van der Waals surface area contributed by atoms with Gasteiger partial charge in [0, 0.05) is 25.2 Å². The molecule has 8 heteroatoms. The summed E-state index contributed by atoms with van der Waals surface area (Å²) in [7, 11) is 0. The first kappa shape index (κ1) is 20.7. The van der Waals surface area contributed by atoms with Crippen LogP contribution in [0.25, 0.3) is 0 Å². The van der Waals surface area contributed by atoms with Crippen molar-refractivity contribution >= 4 is 23.7 Å². The summed E-state index contributed by atoms with van der Waals surface area (Å²) in [6.07, 6.45) is 0.610. The van der Waals surface area contributed by atoms with Gasteiger partial charge in [0.05, 0.1) is 12.2 Å². The number of aliphatic carboxylic acids is 2. The first-order chi connectivity index (χ1) is 12.5. The molecular formula is C19H26N2O6. The molecule has 1 aromatic rings. The Morgan fingerprint density at radius 2 is 1.74 bits per heavy atom. The molecule has 0 bridgehead atoms. The van der Waals surface area contributed by atoms with Crippen LogP contribution < -0.4 is 10.2 Å². The van der Waals surface area contributed by atoms with Crippen molar-refractivity contribution < 1.29 is 29.3 Å². The number of hydrogen-bond acceptors (Lipinski definition) is 4. The second kappa shape index (κ2) is 7.96. The molecule has 0 spiro atoms. The number of ether oxygens (including phenoxy) is 1. The average molecular weight is 378 g/mol. The lowest BCUT2D eigenvalue weighted by molar-refractivity contribution is -0.173. The maximum atomic E-state index is 11.9. The smallest absolute Gasteiger partial charge is 0.323 e. The van der Waals surface area contributed by atoms with Crippen molar-refractivity contribution in [3.63, 3.8) is 0 Å². The highest BCUT2D eigenvalue weighted by Crippen LogP contribution is 2.28. The van der Waals surface area contributed by atoms with Gasteiger partial charge in [0.1, 0.15) is 0 Å². The number of carbonyl (C=O) groups is 3. The fourth-order valence-corrected chi connectivity index (χ4v) is 2.77. The molecule has 2 amide bonds. The summed E-state index contributed by atoms with van der Waals surface area (Å²) in [5.74, 6) is -2.89. The molecule has 148 valence electrons. The first-order valence-electron chi connectivity index (χ1n) is 8.80. The van der Waals surface area contributed by atoms with Crippen molar-refractivity contribution in [3.8, 4) is 0 Å². The molecule has 3 N–H and O–H groups in total. The van der Waals surface area contributed by atoms with E-state index in [0.29, 0.717) is 24.3 Å². The quantitative estimate of drug-likeness (QED) is 0.626. The summed E-state index contributed by atoms with van der Waals surface area (Å²) >= 11 is 0. The van der Waals surface area contributed by atoms with E-state index < -0.39 is 29.6 Å². The monoisotopic (exact) mass is 378 g/mol. The number of carboxylic acid groups (broad SMARTS) is 2. The van der Waals surface area contributed by atoms with Gasteiger partial charge in [0.15, 0.2) is 5.41 Å². The maximum absolute atomic E-state index is 11.9. The summed E-state index contributed by atoms with van der Waals surface area (Å²) < 4.78 is 5.50. The predicted molar refractivity (Wildman–Crippen MR) is 98.9 cm³/mol. The molecule has 0 radical (unpaired) electrons. The number of benzene rings is 1. The summed E-state index contributed by atoms with van der Waals surface area (Å²) in [6.45, 7) is 6.00. The van der Waals surface area contributed by atoms with Gasteiger partial charge in [-0.05, 0) is 44.9 Å². The van der Waals surface area contributed by atoms with Crippen LogP contribution in [-0.2, 0) is 20.7 Å². The minimum absolute atomic E-state index is 0.182. The van der Waals surface area contributed by atoms with Crippen LogP contribution in [0.2, 0.25) is 0 Å². The predicted octanol–water partition coefficient (Wildman–Crippen LogP) is 2.12. The maximum Gasteiger partial charge on any atom is 0.323 e. The molecule has 1 aliphatic rings. The van der Waals surface area contributed by atoms with E-state index in [1.54, 1.807) is 49.9 Å². The number of hydrogen-bond donors (Lipinski definition) is 3. The number of urea groups is 1. The Bertz CT molecular complexity index is 694. The third-order valence-electron chi connectivity index (χ3n) is 4.40. The van der Waals surface area contributed by atoms with E-state index in [4.69, 9.17) is 4.74 Å². The van der Waals surface area contributed by atoms with Crippen molar-refractivity contribution in [2.75, 3.05) is 24.6 Å². The van der Waals surface area contributed by atoms with E-state index in [1.807, 2.05) is 0 Å². The van der Waals surface area contributed by atoms with E-state index in [9.17, 15) is 24.6 Å². The second-order valence-electron chi connectivity index (χ2n) is 7.67. The summed E-state index contributed by atoms with van der Waals surface area (Å²) in [4.78, 5) is 37.1. The standard InChI is InChI=1S/C19H26N2O6/c1-18(2,3)27-12-19(15(22)23,16(24)25)11-13-5-7-14(8-6-13)21-10-4-9-20-17(21)26/h5-8H,4,9-12H2,1-3H3,(H,20,26)(H,22,23)(H,24,25). The normalized spacial score (nSPS) is 15.4. The van der Waals surface area contributed by atoms with E-state index in [0.717, 1.165) is 6.42 Å². The molecule has 0 unspecified atom stereocenters. The number of nitrogens with zero attached hydrogens (tertiary/aromatic N) is 1. The largest absolute Gasteiger partial charge is 0.480 e. The van der Waals surface area contributed by atoms with Gasteiger partial charge in [-0.3, -0.25) is 14.5 Å². The molecule has 1 fully saturated rings. The zero-order valence-electron chi connectivity index (χ0n) is 15.8. The molecule has 0 saturated carbocycles. The third-order valence-corrected chi connectivity index (χ3v) is 4.40. The number of carbonyl (C=O) groups excluding carboxylic acids is 1. The summed E-state index contributed by atoms with van der Waals surface area (Å²) in [6, 6.07) is 6.50. The van der Waals surface area contributed by atoms with Gasteiger partial charge >= 0.3 is 18.0 Å². The lowest BCUT2D eigenvalue weighted by atomic mass is 9.82.